The number of nitrogens with two attached hydrogens (primary N) is 1. The molecule has 0 radical (unpaired) electrons. The minimum atomic E-state index is -0.648. The Kier molecular flexibility index (Phi) is 6.52. The quantitative estimate of drug-likeness (QED) is 0.288. The van der Waals surface area contributed by atoms with Crippen molar-refractivity contribution in [1.29, 1.82) is 0 Å². The van der Waals surface area contributed by atoms with Gasteiger partial charge in [-0.2, -0.15) is 0 Å². The van der Waals surface area contributed by atoms with Gasteiger partial charge in [-0.25, -0.2) is 8.78 Å². The van der Waals surface area contributed by atoms with E-state index in [1.807, 2.05) is 30.3 Å². The number of phenols is 1. The second-order valence-electron chi connectivity index (χ2n) is 8.90. The number of rotatable bonds is 5. The molecular weight excluding hydrogens is 462 g/mol. The summed E-state index contributed by atoms with van der Waals surface area (Å²) >= 11 is 0. The molecule has 184 valence electrons. The molecule has 0 aliphatic carbocycles. The minimum Gasteiger partial charge on any atom is -0.507 e. The van der Waals surface area contributed by atoms with Gasteiger partial charge >= 0.3 is 0 Å². The van der Waals surface area contributed by atoms with Crippen LogP contribution in [0.15, 0.2) is 65.9 Å². The highest BCUT2D eigenvalue weighted by Gasteiger charge is 2.23. The lowest BCUT2D eigenvalue weighted by Gasteiger charge is -2.34. The number of hydrogen-bond donors (Lipinski definition) is 2. The van der Waals surface area contributed by atoms with Gasteiger partial charge in [0.1, 0.15) is 24.5 Å². The maximum absolute atomic E-state index is 14.2. The molecule has 0 saturated carbocycles. The highest BCUT2D eigenvalue weighted by Crippen LogP contribution is 2.41. The number of fused-ring (bicyclic) bond motifs is 1. The summed E-state index contributed by atoms with van der Waals surface area (Å²) in [6.45, 7) is 1.42. The summed E-state index contributed by atoms with van der Waals surface area (Å²) in [4.78, 5) is 11.6. The molecule has 0 unspecified atom stereocenters. The molecule has 0 atom stereocenters. The van der Waals surface area contributed by atoms with Gasteiger partial charge in [0.05, 0.1) is 17.4 Å². The maximum Gasteiger partial charge on any atom is 0.132 e. The lowest BCUT2D eigenvalue weighted by Crippen LogP contribution is -2.40. The van der Waals surface area contributed by atoms with Crippen molar-refractivity contribution in [2.45, 2.75) is 18.9 Å². The van der Waals surface area contributed by atoms with Crippen LogP contribution in [-0.2, 0) is 4.84 Å². The number of pyridine rings is 1. The lowest BCUT2D eigenvalue weighted by molar-refractivity contribution is 0.215. The normalized spacial score (nSPS) is 14.6. The van der Waals surface area contributed by atoms with Crippen molar-refractivity contribution in [2.75, 3.05) is 25.1 Å². The lowest BCUT2D eigenvalue weighted by atomic mass is 9.95. The number of benzene rings is 3. The first-order valence-electron chi connectivity index (χ1n) is 11.7. The van der Waals surface area contributed by atoms with E-state index >= 15 is 0 Å². The molecule has 3 N–H and O–H groups in total. The van der Waals surface area contributed by atoms with Crippen LogP contribution in [0.4, 0.5) is 14.5 Å². The zero-order valence-electron chi connectivity index (χ0n) is 19.8. The standard InChI is InChI=1S/C28H26F2N4O2/c1-36-33-15-18-3-2-4-23(28(18)35)17-5-6-26-24(13-17)27(34-9-7-22(31)8-10-34)25(16-32-26)19-11-20(29)14-21(30)12-19/h2-6,11-16,22,35H,7-10,31H2,1H3/b33-15+. The molecule has 6 nitrogen and oxygen atoms in total. The van der Waals surface area contributed by atoms with Crippen LogP contribution in [0.25, 0.3) is 33.2 Å². The molecule has 1 aromatic heterocycles. The van der Waals surface area contributed by atoms with E-state index in [4.69, 9.17) is 10.6 Å². The van der Waals surface area contributed by atoms with Gasteiger partial charge in [0.15, 0.2) is 0 Å². The van der Waals surface area contributed by atoms with Gasteiger partial charge in [-0.1, -0.05) is 23.4 Å². The fraction of sp³-hybridized carbons (Fsp3) is 0.214. The van der Waals surface area contributed by atoms with E-state index < -0.39 is 11.6 Å². The average Bonchev–Trinajstić information content (AvgIpc) is 2.87. The molecule has 0 bridgehead atoms. The van der Waals surface area contributed by atoms with E-state index in [-0.39, 0.29) is 11.8 Å². The third-order valence-electron chi connectivity index (χ3n) is 6.54. The van der Waals surface area contributed by atoms with E-state index in [1.54, 1.807) is 12.3 Å². The van der Waals surface area contributed by atoms with E-state index in [9.17, 15) is 13.9 Å². The molecule has 0 amide bonds. The van der Waals surface area contributed by atoms with E-state index in [0.717, 1.165) is 41.1 Å². The predicted molar refractivity (Wildman–Crippen MR) is 138 cm³/mol. The number of oxime groups is 1. The number of nitrogens with zero attached hydrogens (tertiary/aromatic N) is 3. The van der Waals surface area contributed by atoms with Gasteiger partial charge in [-0.05, 0) is 54.3 Å². The number of hydrogen-bond acceptors (Lipinski definition) is 6. The van der Waals surface area contributed by atoms with Crippen molar-refractivity contribution in [3.63, 3.8) is 0 Å². The van der Waals surface area contributed by atoms with Crippen molar-refractivity contribution in [1.82, 2.24) is 4.98 Å². The first-order valence-corrected chi connectivity index (χ1v) is 11.7. The molecule has 8 heteroatoms. The van der Waals surface area contributed by atoms with Crippen molar-refractivity contribution in [3.05, 3.63) is 78.0 Å². The average molecular weight is 489 g/mol. The summed E-state index contributed by atoms with van der Waals surface area (Å²) in [5.74, 6) is -1.23. The van der Waals surface area contributed by atoms with Crippen LogP contribution in [0, 0.1) is 11.6 Å². The van der Waals surface area contributed by atoms with Crippen LogP contribution >= 0.6 is 0 Å². The molecule has 36 heavy (non-hydrogen) atoms. The second-order valence-corrected chi connectivity index (χ2v) is 8.90. The molecule has 1 aliphatic heterocycles. The summed E-state index contributed by atoms with van der Waals surface area (Å²) in [6, 6.07) is 14.7. The van der Waals surface area contributed by atoms with E-state index in [2.05, 4.69) is 15.0 Å². The number of aromatic nitrogens is 1. The Balaban J connectivity index is 1.72. The number of phenolic OH excluding ortho intramolecular Hbond substituents is 1. The van der Waals surface area contributed by atoms with E-state index in [1.165, 1.54) is 25.5 Å². The smallest absolute Gasteiger partial charge is 0.132 e. The van der Waals surface area contributed by atoms with Gasteiger partial charge in [0.2, 0.25) is 0 Å². The summed E-state index contributed by atoms with van der Waals surface area (Å²) < 4.78 is 28.3. The molecule has 1 aliphatic rings. The summed E-state index contributed by atoms with van der Waals surface area (Å²) in [6.07, 6.45) is 4.73. The van der Waals surface area contributed by atoms with Gasteiger partial charge in [0, 0.05) is 53.5 Å². The Morgan fingerprint density at radius 3 is 2.50 bits per heavy atom. The Labute approximate surface area is 207 Å². The van der Waals surface area contributed by atoms with Crippen molar-refractivity contribution >= 4 is 22.8 Å². The summed E-state index contributed by atoms with van der Waals surface area (Å²) in [5, 5.41) is 15.5. The van der Waals surface area contributed by atoms with Crippen LogP contribution in [0.5, 0.6) is 5.75 Å². The largest absolute Gasteiger partial charge is 0.507 e. The van der Waals surface area contributed by atoms with Gasteiger partial charge < -0.3 is 20.6 Å². The maximum atomic E-state index is 14.2. The van der Waals surface area contributed by atoms with Crippen molar-refractivity contribution < 1.29 is 18.7 Å². The number of piperidine rings is 1. The van der Waals surface area contributed by atoms with Crippen LogP contribution in [0.2, 0.25) is 0 Å². The summed E-state index contributed by atoms with van der Waals surface area (Å²) in [7, 11) is 1.44. The minimum absolute atomic E-state index is 0.0689. The van der Waals surface area contributed by atoms with Crippen LogP contribution in [0.3, 0.4) is 0 Å². The molecule has 0 spiro atoms. The Hall–Kier alpha value is -4.04. The second kappa shape index (κ2) is 9.91. The van der Waals surface area contributed by atoms with Gasteiger partial charge in [-0.3, -0.25) is 4.98 Å². The third-order valence-corrected chi connectivity index (χ3v) is 6.54. The SMILES string of the molecule is CO/N=C/c1cccc(-c2ccc3ncc(-c4cc(F)cc(F)c4)c(N4CCC(N)CC4)c3c2)c1O. The highest BCUT2D eigenvalue weighted by molar-refractivity contribution is 6.02. The highest BCUT2D eigenvalue weighted by atomic mass is 19.1. The number of aromatic hydroxyl groups is 1. The molecule has 1 saturated heterocycles. The molecule has 4 aromatic rings. The molecule has 1 fully saturated rings. The van der Waals surface area contributed by atoms with Gasteiger partial charge in [-0.15, -0.1) is 0 Å². The van der Waals surface area contributed by atoms with Crippen molar-refractivity contribution in [3.8, 4) is 28.0 Å². The zero-order valence-corrected chi connectivity index (χ0v) is 19.8. The Morgan fingerprint density at radius 2 is 1.78 bits per heavy atom. The van der Waals surface area contributed by atoms with Crippen molar-refractivity contribution in [2.24, 2.45) is 10.9 Å². The molecule has 3 aromatic carbocycles. The first-order chi connectivity index (χ1) is 17.4. The fourth-order valence-corrected chi connectivity index (χ4v) is 4.74. The monoisotopic (exact) mass is 488 g/mol. The Morgan fingerprint density at radius 1 is 1.03 bits per heavy atom. The summed E-state index contributed by atoms with van der Waals surface area (Å²) in [5.41, 5.74) is 10.7. The van der Waals surface area contributed by atoms with Gasteiger partial charge in [0.25, 0.3) is 0 Å². The predicted octanol–water partition coefficient (Wildman–Crippen LogP) is 5.46. The number of para-hydroxylation sites is 1. The van der Waals surface area contributed by atoms with Crippen LogP contribution in [-0.4, -0.2) is 42.5 Å². The topological polar surface area (TPSA) is 84.0 Å². The number of anilines is 1. The molecular formula is C28H26F2N4O2. The van der Waals surface area contributed by atoms with Crippen LogP contribution in [0.1, 0.15) is 18.4 Å². The van der Waals surface area contributed by atoms with E-state index in [0.29, 0.717) is 35.3 Å². The first kappa shape index (κ1) is 23.7. The van der Waals surface area contributed by atoms with Crippen LogP contribution < -0.4 is 10.6 Å². The molecule has 2 heterocycles. The molecule has 5 rings (SSSR count). The third kappa shape index (κ3) is 4.59. The fourth-order valence-electron chi connectivity index (χ4n) is 4.74. The number of halogens is 2. The zero-order chi connectivity index (χ0) is 25.2. The Bertz CT molecular complexity index is 1430.